The molecule has 0 amide bonds. The van der Waals surface area contributed by atoms with Crippen LogP contribution < -0.4 is 4.90 Å². The van der Waals surface area contributed by atoms with Crippen LogP contribution in [0.15, 0.2) is 238 Å². The fraction of sp³-hybridized carbons (Fsp3) is 0. The minimum Gasteiger partial charge on any atom is -0.456 e. The number of fused-ring (bicyclic) bond motifs is 9. The maximum atomic E-state index is 7.12. The average molecular weight is 820 g/mol. The highest BCUT2D eigenvalue weighted by Gasteiger charge is 2.28. The predicted molar refractivity (Wildman–Crippen MR) is 265 cm³/mol. The van der Waals surface area contributed by atoms with E-state index in [9.17, 15) is 0 Å². The number of nitrogens with zero attached hydrogens (tertiary/aromatic N) is 1. The van der Waals surface area contributed by atoms with Gasteiger partial charge in [0.2, 0.25) is 0 Å². The Morgan fingerprint density at radius 2 is 0.781 bits per heavy atom. The topological polar surface area (TPSA) is 42.7 Å². The summed E-state index contributed by atoms with van der Waals surface area (Å²) in [5.74, 6) is 0. The number of hydrogen-bond acceptors (Lipinski definition) is 4. The Balaban J connectivity index is 1.17. The van der Waals surface area contributed by atoms with Gasteiger partial charge in [0, 0.05) is 27.1 Å². The van der Waals surface area contributed by atoms with Crippen LogP contribution in [-0.2, 0) is 0 Å². The first kappa shape index (κ1) is 36.1. The van der Waals surface area contributed by atoms with Crippen molar-refractivity contribution >= 4 is 82.9 Å². The van der Waals surface area contributed by atoms with Crippen LogP contribution in [-0.4, -0.2) is 0 Å². The van der Waals surface area contributed by atoms with Crippen LogP contribution in [0.25, 0.3) is 110 Å². The summed E-state index contributed by atoms with van der Waals surface area (Å²) >= 11 is 0. The maximum Gasteiger partial charge on any atom is 0.159 e. The van der Waals surface area contributed by atoms with Crippen molar-refractivity contribution in [1.82, 2.24) is 0 Å². The second-order valence-electron chi connectivity index (χ2n) is 16.4. The van der Waals surface area contributed by atoms with Gasteiger partial charge in [-0.2, -0.15) is 0 Å². The minimum absolute atomic E-state index is 0.792. The zero-order chi connectivity index (χ0) is 42.1. The summed E-state index contributed by atoms with van der Waals surface area (Å²) in [6.07, 6.45) is 0. The van der Waals surface area contributed by atoms with Crippen LogP contribution in [0.3, 0.4) is 0 Å². The summed E-state index contributed by atoms with van der Waals surface area (Å²) in [6.45, 7) is 0. The van der Waals surface area contributed by atoms with Crippen LogP contribution in [0, 0.1) is 0 Å². The molecule has 13 rings (SSSR count). The monoisotopic (exact) mass is 819 g/mol. The fourth-order valence-corrected chi connectivity index (χ4v) is 9.67. The Morgan fingerprint density at radius 3 is 1.45 bits per heavy atom. The maximum absolute atomic E-state index is 7.12. The van der Waals surface area contributed by atoms with E-state index in [-0.39, 0.29) is 0 Å². The Kier molecular flexibility index (Phi) is 8.18. The van der Waals surface area contributed by atoms with E-state index in [1.165, 1.54) is 0 Å². The van der Waals surface area contributed by atoms with Gasteiger partial charge >= 0.3 is 0 Å². The fourth-order valence-electron chi connectivity index (χ4n) is 9.67. The van der Waals surface area contributed by atoms with E-state index in [2.05, 4.69) is 205 Å². The molecule has 4 nitrogen and oxygen atoms in total. The molecule has 0 spiro atoms. The van der Waals surface area contributed by atoms with Gasteiger partial charge in [-0.3, -0.25) is 0 Å². The highest BCUT2D eigenvalue weighted by atomic mass is 16.3. The van der Waals surface area contributed by atoms with E-state index in [1.54, 1.807) is 0 Å². The van der Waals surface area contributed by atoms with Gasteiger partial charge in [-0.15, -0.1) is 0 Å². The summed E-state index contributed by atoms with van der Waals surface area (Å²) in [5, 5.41) is 6.15. The van der Waals surface area contributed by atoms with Crippen molar-refractivity contribution in [2.75, 3.05) is 4.90 Å². The van der Waals surface area contributed by atoms with Crippen LogP contribution >= 0.6 is 0 Å². The third kappa shape index (κ3) is 5.77. The third-order valence-electron chi connectivity index (χ3n) is 12.7. The van der Waals surface area contributed by atoms with Gasteiger partial charge in [0.1, 0.15) is 27.9 Å². The molecule has 0 N–H and O–H groups in total. The summed E-state index contributed by atoms with van der Waals surface area (Å²) in [5.41, 5.74) is 16.4. The van der Waals surface area contributed by atoms with E-state index in [0.717, 1.165) is 127 Å². The standard InChI is InChI=1S/C60H37NO3/c1-5-16-38(17-6-1)42-28-30-48-54(35-42)62-56-37-44(40-20-9-3-10-21-40)34-52(57(48)56)61(51-26-15-25-47-46-24-13-14-27-53(46)63-59(47)51)50-33-32-45(41-22-11-4-12-23-41)60-58(50)49-31-29-43(36-55(49)64-60)39-18-7-2-8-19-39/h1-37H. The molecule has 0 fully saturated rings. The van der Waals surface area contributed by atoms with E-state index in [4.69, 9.17) is 13.3 Å². The SMILES string of the molecule is c1ccc(-c2ccc3c(c2)oc2cc(-c4ccccc4)cc(N(c4cccc5c4oc4ccccc45)c4ccc(-c5ccccc5)c5oc6cc(-c7ccccc7)ccc6c45)c23)cc1. The molecule has 64 heavy (non-hydrogen) atoms. The van der Waals surface area contributed by atoms with Crippen molar-refractivity contribution in [3.63, 3.8) is 0 Å². The normalized spacial score (nSPS) is 11.8. The number of hydrogen-bond donors (Lipinski definition) is 0. The second kappa shape index (κ2) is 14.5. The molecule has 0 unspecified atom stereocenters. The van der Waals surface area contributed by atoms with Crippen molar-refractivity contribution in [1.29, 1.82) is 0 Å². The van der Waals surface area contributed by atoms with Crippen LogP contribution in [0.2, 0.25) is 0 Å². The molecular formula is C60H37NO3. The molecule has 0 aliphatic carbocycles. The van der Waals surface area contributed by atoms with Gasteiger partial charge in [-0.1, -0.05) is 164 Å². The molecule has 13 aromatic rings. The second-order valence-corrected chi connectivity index (χ2v) is 16.4. The molecule has 0 bridgehead atoms. The first-order valence-corrected chi connectivity index (χ1v) is 21.7. The number of anilines is 3. The highest BCUT2D eigenvalue weighted by Crippen LogP contribution is 2.52. The van der Waals surface area contributed by atoms with Gasteiger partial charge in [0.25, 0.3) is 0 Å². The van der Waals surface area contributed by atoms with Gasteiger partial charge in [-0.05, 0) is 99.6 Å². The molecule has 0 saturated carbocycles. The summed E-state index contributed by atoms with van der Waals surface area (Å²) in [6, 6.07) is 78.9. The third-order valence-corrected chi connectivity index (χ3v) is 12.7. The summed E-state index contributed by atoms with van der Waals surface area (Å²) in [7, 11) is 0. The van der Waals surface area contributed by atoms with Gasteiger partial charge in [0.05, 0.1) is 27.8 Å². The lowest BCUT2D eigenvalue weighted by Crippen LogP contribution is -2.11. The molecule has 0 atom stereocenters. The van der Waals surface area contributed by atoms with Crippen molar-refractivity contribution in [3.8, 4) is 44.5 Å². The Hall–Kier alpha value is -8.60. The zero-order valence-electron chi connectivity index (χ0n) is 34.5. The summed E-state index contributed by atoms with van der Waals surface area (Å²) in [4.78, 5) is 2.39. The molecule has 300 valence electrons. The first-order valence-electron chi connectivity index (χ1n) is 21.7. The van der Waals surface area contributed by atoms with Crippen molar-refractivity contribution in [3.05, 3.63) is 224 Å². The lowest BCUT2D eigenvalue weighted by Gasteiger charge is -2.28. The molecule has 3 heterocycles. The molecule has 0 saturated heterocycles. The Bertz CT molecular complexity index is 3880. The molecule has 3 aromatic heterocycles. The van der Waals surface area contributed by atoms with Crippen molar-refractivity contribution in [2.24, 2.45) is 0 Å². The number of rotatable bonds is 7. The van der Waals surface area contributed by atoms with Crippen LogP contribution in [0.5, 0.6) is 0 Å². The van der Waals surface area contributed by atoms with Gasteiger partial charge in [-0.25, -0.2) is 0 Å². The van der Waals surface area contributed by atoms with E-state index < -0.39 is 0 Å². The van der Waals surface area contributed by atoms with Gasteiger partial charge < -0.3 is 18.2 Å². The molecule has 10 aromatic carbocycles. The minimum atomic E-state index is 0.792. The van der Waals surface area contributed by atoms with Gasteiger partial charge in [0.15, 0.2) is 5.58 Å². The molecule has 0 radical (unpaired) electrons. The molecule has 0 aliphatic heterocycles. The zero-order valence-corrected chi connectivity index (χ0v) is 34.5. The average Bonchev–Trinajstić information content (AvgIpc) is 4.07. The Labute approximate surface area is 368 Å². The predicted octanol–water partition coefficient (Wildman–Crippen LogP) is 17.5. The first-order chi connectivity index (χ1) is 31.7. The van der Waals surface area contributed by atoms with E-state index in [0.29, 0.717) is 0 Å². The molecular weight excluding hydrogens is 783 g/mol. The van der Waals surface area contributed by atoms with E-state index in [1.807, 2.05) is 24.3 Å². The highest BCUT2D eigenvalue weighted by molar-refractivity contribution is 6.22. The number of furan rings is 3. The Morgan fingerprint density at radius 1 is 0.250 bits per heavy atom. The van der Waals surface area contributed by atoms with Crippen LogP contribution in [0.1, 0.15) is 0 Å². The van der Waals surface area contributed by atoms with E-state index >= 15 is 0 Å². The molecule has 0 aliphatic rings. The smallest absolute Gasteiger partial charge is 0.159 e. The summed E-state index contributed by atoms with van der Waals surface area (Å²) < 4.78 is 21.0. The number of para-hydroxylation sites is 2. The molecule has 4 heteroatoms. The van der Waals surface area contributed by atoms with Crippen molar-refractivity contribution < 1.29 is 13.3 Å². The lowest BCUT2D eigenvalue weighted by atomic mass is 9.97. The lowest BCUT2D eigenvalue weighted by molar-refractivity contribution is 0.668. The quantitative estimate of drug-likeness (QED) is 0.161. The largest absolute Gasteiger partial charge is 0.456 e. The number of benzene rings is 10. The van der Waals surface area contributed by atoms with Crippen molar-refractivity contribution in [2.45, 2.75) is 0 Å². The van der Waals surface area contributed by atoms with Crippen LogP contribution in [0.4, 0.5) is 17.1 Å².